The molecule has 1 aliphatic rings. The van der Waals surface area contributed by atoms with Crippen molar-refractivity contribution in [2.75, 3.05) is 0 Å². The van der Waals surface area contributed by atoms with E-state index < -0.39 is 5.97 Å². The first-order valence-electron chi connectivity index (χ1n) is 6.28. The first kappa shape index (κ1) is 13.9. The van der Waals surface area contributed by atoms with Crippen molar-refractivity contribution in [3.63, 3.8) is 0 Å². The maximum Gasteiger partial charge on any atom is 0.316 e. The van der Waals surface area contributed by atoms with E-state index in [-0.39, 0.29) is 11.2 Å². The average Bonchev–Trinajstić information content (AvgIpc) is 2.11. The van der Waals surface area contributed by atoms with Crippen molar-refractivity contribution in [1.82, 2.24) is 0 Å². The van der Waals surface area contributed by atoms with Gasteiger partial charge in [0.1, 0.15) is 5.25 Å². The zero-order valence-electron chi connectivity index (χ0n) is 10.8. The molecule has 0 bridgehead atoms. The Hall–Kier alpha value is -0.180. The maximum atomic E-state index is 11.2. The van der Waals surface area contributed by atoms with Gasteiger partial charge in [-0.3, -0.25) is 4.79 Å². The van der Waals surface area contributed by atoms with Crippen LogP contribution in [-0.2, 0) is 4.79 Å². The Morgan fingerprint density at radius 2 is 1.69 bits per heavy atom. The number of carbonyl (C=O) groups is 1. The lowest BCUT2D eigenvalue weighted by molar-refractivity contribution is -0.137. The highest BCUT2D eigenvalue weighted by atomic mass is 32.2. The average molecular weight is 244 g/mol. The van der Waals surface area contributed by atoms with Gasteiger partial charge in [0.05, 0.1) is 0 Å². The fourth-order valence-electron chi connectivity index (χ4n) is 2.69. The number of rotatable bonds is 4. The topological polar surface area (TPSA) is 37.3 Å². The van der Waals surface area contributed by atoms with Gasteiger partial charge in [0.15, 0.2) is 0 Å². The molecule has 0 aromatic carbocycles. The van der Waals surface area contributed by atoms with E-state index in [1.165, 1.54) is 19.3 Å². The molecule has 3 atom stereocenters. The normalized spacial score (nSPS) is 32.7. The summed E-state index contributed by atoms with van der Waals surface area (Å²) < 4.78 is 0. The molecule has 0 saturated heterocycles. The summed E-state index contributed by atoms with van der Waals surface area (Å²) in [5.74, 6) is 1.08. The van der Waals surface area contributed by atoms with E-state index in [2.05, 4.69) is 13.8 Å². The lowest BCUT2D eigenvalue weighted by atomic mass is 9.83. The van der Waals surface area contributed by atoms with Crippen molar-refractivity contribution in [3.05, 3.63) is 0 Å². The van der Waals surface area contributed by atoms with Gasteiger partial charge in [-0.25, -0.2) is 0 Å². The second-order valence-corrected chi connectivity index (χ2v) is 7.13. The molecule has 16 heavy (non-hydrogen) atoms. The van der Waals surface area contributed by atoms with Crippen molar-refractivity contribution in [3.8, 4) is 0 Å². The predicted molar refractivity (Wildman–Crippen MR) is 69.8 cm³/mol. The van der Waals surface area contributed by atoms with Crippen LogP contribution in [0.15, 0.2) is 0 Å². The van der Waals surface area contributed by atoms with Crippen LogP contribution in [0.1, 0.15) is 47.0 Å². The lowest BCUT2D eigenvalue weighted by Gasteiger charge is -2.33. The summed E-state index contributed by atoms with van der Waals surface area (Å²) in [5, 5.41) is 9.50. The molecular formula is C13H24O2S. The third-order valence-electron chi connectivity index (χ3n) is 3.32. The molecule has 1 rings (SSSR count). The zero-order chi connectivity index (χ0) is 12.3. The molecule has 0 spiro atoms. The van der Waals surface area contributed by atoms with Crippen LogP contribution in [0, 0.1) is 17.8 Å². The van der Waals surface area contributed by atoms with Crippen LogP contribution >= 0.6 is 11.8 Å². The molecule has 1 N–H and O–H groups in total. The quantitative estimate of drug-likeness (QED) is 0.820. The van der Waals surface area contributed by atoms with E-state index in [1.807, 2.05) is 13.8 Å². The van der Waals surface area contributed by atoms with E-state index in [1.54, 1.807) is 11.8 Å². The minimum atomic E-state index is -0.647. The largest absolute Gasteiger partial charge is 0.480 e. The Balaban J connectivity index is 2.54. The first-order valence-corrected chi connectivity index (χ1v) is 7.22. The second kappa shape index (κ2) is 5.95. The SMILES string of the molecule is CC1CC(C)CC(SC(C(=O)O)C(C)C)C1. The molecule has 0 heterocycles. The van der Waals surface area contributed by atoms with Gasteiger partial charge in [0.25, 0.3) is 0 Å². The molecule has 94 valence electrons. The highest BCUT2D eigenvalue weighted by Gasteiger charge is 2.30. The van der Waals surface area contributed by atoms with Gasteiger partial charge >= 0.3 is 5.97 Å². The van der Waals surface area contributed by atoms with Crippen LogP contribution in [0.5, 0.6) is 0 Å². The van der Waals surface area contributed by atoms with Crippen molar-refractivity contribution in [1.29, 1.82) is 0 Å². The molecule has 0 radical (unpaired) electrons. The smallest absolute Gasteiger partial charge is 0.316 e. The lowest BCUT2D eigenvalue weighted by Crippen LogP contribution is -2.29. The highest BCUT2D eigenvalue weighted by molar-refractivity contribution is 8.01. The third kappa shape index (κ3) is 4.00. The van der Waals surface area contributed by atoms with Crippen LogP contribution in [0.3, 0.4) is 0 Å². The highest BCUT2D eigenvalue weighted by Crippen LogP contribution is 2.38. The number of aliphatic carboxylic acids is 1. The summed E-state index contributed by atoms with van der Waals surface area (Å²) in [6, 6.07) is 0. The van der Waals surface area contributed by atoms with Gasteiger partial charge in [-0.15, -0.1) is 11.8 Å². The first-order chi connectivity index (χ1) is 7.40. The number of thioether (sulfide) groups is 1. The van der Waals surface area contributed by atoms with Gasteiger partial charge < -0.3 is 5.11 Å². The van der Waals surface area contributed by atoms with Gasteiger partial charge in [0.2, 0.25) is 0 Å². The van der Waals surface area contributed by atoms with Gasteiger partial charge in [-0.1, -0.05) is 27.7 Å². The monoisotopic (exact) mass is 244 g/mol. The van der Waals surface area contributed by atoms with Gasteiger partial charge in [-0.2, -0.15) is 0 Å². The van der Waals surface area contributed by atoms with E-state index in [0.717, 1.165) is 11.8 Å². The van der Waals surface area contributed by atoms with Crippen molar-refractivity contribution in [2.24, 2.45) is 17.8 Å². The standard InChI is InChI=1S/C13H24O2S/c1-8(2)12(13(14)15)16-11-6-9(3)5-10(4)7-11/h8-12H,5-7H2,1-4H3,(H,14,15). The Morgan fingerprint density at radius 3 is 2.06 bits per heavy atom. The minimum absolute atomic E-state index is 0.218. The van der Waals surface area contributed by atoms with E-state index in [4.69, 9.17) is 0 Å². The summed E-state index contributed by atoms with van der Waals surface area (Å²) in [4.78, 5) is 11.2. The summed E-state index contributed by atoms with van der Waals surface area (Å²) in [5.41, 5.74) is 0. The fourth-order valence-corrected chi connectivity index (χ4v) is 4.42. The van der Waals surface area contributed by atoms with Crippen molar-refractivity contribution >= 4 is 17.7 Å². The predicted octanol–water partition coefficient (Wildman–Crippen LogP) is 3.65. The molecule has 0 aliphatic heterocycles. The molecule has 2 nitrogen and oxygen atoms in total. The molecule has 3 unspecified atom stereocenters. The number of hydrogen-bond donors (Lipinski definition) is 1. The molecule has 1 fully saturated rings. The van der Waals surface area contributed by atoms with Crippen LogP contribution in [-0.4, -0.2) is 21.6 Å². The molecule has 0 aromatic rings. The molecular weight excluding hydrogens is 220 g/mol. The molecule has 3 heteroatoms. The van der Waals surface area contributed by atoms with Crippen molar-refractivity contribution < 1.29 is 9.90 Å². The Kier molecular flexibility index (Phi) is 5.16. The molecule has 0 amide bonds. The van der Waals surface area contributed by atoms with Crippen LogP contribution in [0.25, 0.3) is 0 Å². The van der Waals surface area contributed by atoms with Crippen molar-refractivity contribution in [2.45, 2.75) is 57.5 Å². The van der Waals surface area contributed by atoms with E-state index in [9.17, 15) is 9.90 Å². The molecule has 1 saturated carbocycles. The summed E-state index contributed by atoms with van der Waals surface area (Å²) >= 11 is 1.69. The number of hydrogen-bond acceptors (Lipinski definition) is 2. The fraction of sp³-hybridized carbons (Fsp3) is 0.923. The molecule has 0 aromatic heterocycles. The molecule has 1 aliphatic carbocycles. The van der Waals surface area contributed by atoms with Gasteiger partial charge in [0, 0.05) is 5.25 Å². The van der Waals surface area contributed by atoms with Gasteiger partial charge in [-0.05, 0) is 37.0 Å². The van der Waals surface area contributed by atoms with Crippen LogP contribution < -0.4 is 0 Å². The zero-order valence-corrected chi connectivity index (χ0v) is 11.6. The second-order valence-electron chi connectivity index (χ2n) is 5.68. The Bertz CT molecular complexity index is 230. The third-order valence-corrected chi connectivity index (χ3v) is 5.13. The Morgan fingerprint density at radius 1 is 1.19 bits per heavy atom. The summed E-state index contributed by atoms with van der Waals surface area (Å²) in [6.45, 7) is 8.58. The number of carboxylic acid groups (broad SMARTS) is 1. The van der Waals surface area contributed by atoms with E-state index >= 15 is 0 Å². The Labute approximate surface area is 103 Å². The number of carboxylic acids is 1. The van der Waals surface area contributed by atoms with E-state index in [0.29, 0.717) is 5.25 Å². The summed E-state index contributed by atoms with van der Waals surface area (Å²) in [6.07, 6.45) is 3.67. The van der Waals surface area contributed by atoms with Crippen LogP contribution in [0.4, 0.5) is 0 Å². The summed E-state index contributed by atoms with van der Waals surface area (Å²) in [7, 11) is 0. The van der Waals surface area contributed by atoms with Crippen LogP contribution in [0.2, 0.25) is 0 Å². The minimum Gasteiger partial charge on any atom is -0.480 e. The maximum absolute atomic E-state index is 11.2.